The summed E-state index contributed by atoms with van der Waals surface area (Å²) in [5.41, 5.74) is 3.08. The number of para-hydroxylation sites is 1. The fraction of sp³-hybridized carbons (Fsp3) is 0.462. The van der Waals surface area contributed by atoms with Crippen LogP contribution >= 0.6 is 0 Å². The van der Waals surface area contributed by atoms with E-state index in [1.54, 1.807) is 0 Å². The zero-order valence-corrected chi connectivity index (χ0v) is 19.9. The van der Waals surface area contributed by atoms with Crippen LogP contribution in [-0.2, 0) is 18.4 Å². The number of hydrogen-bond donors (Lipinski definition) is 0. The Morgan fingerprint density at radius 2 is 1.75 bits per heavy atom. The molecule has 0 radical (unpaired) electrons. The molecule has 36 heavy (non-hydrogen) atoms. The summed E-state index contributed by atoms with van der Waals surface area (Å²) in [6.07, 6.45) is 12.8. The molecule has 4 bridgehead atoms. The zero-order chi connectivity index (χ0) is 24.3. The molecule has 0 saturated heterocycles. The minimum atomic E-state index is -0.454. The summed E-state index contributed by atoms with van der Waals surface area (Å²) in [5, 5.41) is 28.9. The van der Waals surface area contributed by atoms with E-state index in [9.17, 15) is 10.1 Å². The van der Waals surface area contributed by atoms with Crippen molar-refractivity contribution in [3.63, 3.8) is 0 Å². The molecule has 3 aromatic heterocycles. The molecule has 4 fully saturated rings. The molecule has 3 heterocycles. The molecule has 4 aromatic rings. The van der Waals surface area contributed by atoms with Gasteiger partial charge >= 0.3 is 5.69 Å². The van der Waals surface area contributed by atoms with Crippen LogP contribution in [0.25, 0.3) is 17.1 Å². The van der Waals surface area contributed by atoms with Gasteiger partial charge in [0.15, 0.2) is 0 Å². The Bertz CT molecular complexity index is 1380. The lowest BCUT2D eigenvalue weighted by Crippen LogP contribution is -2.49. The lowest BCUT2D eigenvalue weighted by molar-refractivity contribution is -0.385. The first-order valence-electron chi connectivity index (χ1n) is 12.7. The van der Waals surface area contributed by atoms with Crippen LogP contribution in [0.1, 0.15) is 50.1 Å². The van der Waals surface area contributed by atoms with Gasteiger partial charge in [-0.25, -0.2) is 4.68 Å². The van der Waals surface area contributed by atoms with Gasteiger partial charge in [-0.15, -0.1) is 10.2 Å². The second-order valence-electron chi connectivity index (χ2n) is 10.8. The second kappa shape index (κ2) is 8.11. The van der Waals surface area contributed by atoms with E-state index in [0.717, 1.165) is 34.7 Å². The van der Waals surface area contributed by atoms with Gasteiger partial charge in [0, 0.05) is 24.6 Å². The third kappa shape index (κ3) is 3.63. The average Bonchev–Trinajstić information content (AvgIpc) is 3.62. The van der Waals surface area contributed by atoms with Crippen molar-refractivity contribution >= 4 is 5.69 Å². The summed E-state index contributed by atoms with van der Waals surface area (Å²) in [6.45, 7) is 0.417. The van der Waals surface area contributed by atoms with E-state index in [1.165, 1.54) is 55.6 Å². The highest BCUT2D eigenvalue weighted by Gasteiger charge is 2.53. The van der Waals surface area contributed by atoms with Crippen LogP contribution in [0.5, 0.6) is 0 Å². The van der Waals surface area contributed by atoms with Gasteiger partial charge in [-0.2, -0.15) is 10.2 Å². The van der Waals surface area contributed by atoms with Crippen molar-refractivity contribution in [3.8, 4) is 17.1 Å². The maximum atomic E-state index is 10.9. The van der Waals surface area contributed by atoms with Crippen LogP contribution in [0.15, 0.2) is 53.3 Å². The lowest BCUT2D eigenvalue weighted by Gasteiger charge is -2.56. The second-order valence-corrected chi connectivity index (χ2v) is 10.8. The Hall–Kier alpha value is -3.82. The minimum absolute atomic E-state index is 0.0326. The standard InChI is InChI=1S/C26H27N7O3/c34-33(35)21-14-27-31(15-21)7-6-23-28-29-25(36-23)22-16-32(20-4-2-1-3-5-20)30-24(22)26-11-17-8-18(12-26)10-19(9-17)13-26/h1-5,14-19H,6-13H2. The number of aryl methyl sites for hydroxylation is 2. The summed E-state index contributed by atoms with van der Waals surface area (Å²) in [7, 11) is 0. The Morgan fingerprint density at radius 3 is 2.42 bits per heavy atom. The predicted octanol–water partition coefficient (Wildman–Crippen LogP) is 4.74. The van der Waals surface area contributed by atoms with Gasteiger partial charge in [0.05, 0.1) is 21.9 Å². The molecule has 4 aliphatic rings. The summed E-state index contributed by atoms with van der Waals surface area (Å²) in [4.78, 5) is 10.5. The first-order chi connectivity index (χ1) is 17.5. The van der Waals surface area contributed by atoms with Gasteiger partial charge in [0.2, 0.25) is 5.89 Å². The van der Waals surface area contributed by atoms with Gasteiger partial charge in [-0.1, -0.05) is 18.2 Å². The number of nitrogens with zero attached hydrogens (tertiary/aromatic N) is 7. The first-order valence-corrected chi connectivity index (χ1v) is 12.7. The quantitative estimate of drug-likeness (QED) is 0.274. The van der Waals surface area contributed by atoms with Crippen molar-refractivity contribution in [2.24, 2.45) is 17.8 Å². The summed E-state index contributed by atoms with van der Waals surface area (Å²) < 4.78 is 9.63. The molecule has 10 nitrogen and oxygen atoms in total. The fourth-order valence-corrected chi connectivity index (χ4v) is 7.28. The summed E-state index contributed by atoms with van der Waals surface area (Å²) in [6, 6.07) is 10.2. The number of aromatic nitrogens is 6. The third-order valence-corrected chi connectivity index (χ3v) is 8.36. The SMILES string of the molecule is O=[N+]([O-])c1cnn(CCc2nnc(-c3cn(-c4ccccc4)nc3C34CC5CC(CC(C5)C3)C4)o2)c1. The fourth-order valence-electron chi connectivity index (χ4n) is 7.28. The topological polar surface area (TPSA) is 118 Å². The Labute approximate surface area is 207 Å². The maximum Gasteiger partial charge on any atom is 0.306 e. The van der Waals surface area contributed by atoms with E-state index in [-0.39, 0.29) is 11.1 Å². The highest BCUT2D eigenvalue weighted by molar-refractivity contribution is 5.59. The van der Waals surface area contributed by atoms with Crippen molar-refractivity contribution in [2.75, 3.05) is 0 Å². The van der Waals surface area contributed by atoms with Crippen LogP contribution in [-0.4, -0.2) is 34.7 Å². The molecule has 10 heteroatoms. The van der Waals surface area contributed by atoms with Gasteiger partial charge in [0.1, 0.15) is 12.4 Å². The van der Waals surface area contributed by atoms with Gasteiger partial charge in [-0.05, 0) is 68.4 Å². The first kappa shape index (κ1) is 21.5. The van der Waals surface area contributed by atoms with E-state index < -0.39 is 4.92 Å². The number of rotatable bonds is 7. The molecule has 0 atom stereocenters. The Morgan fingerprint density at radius 1 is 1.03 bits per heavy atom. The van der Waals surface area contributed by atoms with Crippen LogP contribution in [0.4, 0.5) is 5.69 Å². The van der Waals surface area contributed by atoms with Crippen molar-refractivity contribution in [1.29, 1.82) is 0 Å². The smallest absolute Gasteiger partial charge is 0.306 e. The molecule has 0 N–H and O–H groups in total. The molecule has 0 aliphatic heterocycles. The largest absolute Gasteiger partial charge is 0.421 e. The molecule has 0 spiro atoms. The van der Waals surface area contributed by atoms with E-state index >= 15 is 0 Å². The predicted molar refractivity (Wildman–Crippen MR) is 129 cm³/mol. The normalized spacial score (nSPS) is 26.5. The molecule has 1 aromatic carbocycles. The van der Waals surface area contributed by atoms with Gasteiger partial charge < -0.3 is 4.42 Å². The van der Waals surface area contributed by atoms with Crippen molar-refractivity contribution in [3.05, 3.63) is 70.6 Å². The van der Waals surface area contributed by atoms with E-state index in [1.807, 2.05) is 29.1 Å². The average molecular weight is 486 g/mol. The van der Waals surface area contributed by atoms with Crippen molar-refractivity contribution in [1.82, 2.24) is 29.8 Å². The molecule has 184 valence electrons. The molecular formula is C26H27N7O3. The molecule has 4 saturated carbocycles. The van der Waals surface area contributed by atoms with Crippen molar-refractivity contribution in [2.45, 2.75) is 56.9 Å². The molecule has 0 unspecified atom stereocenters. The number of nitro groups is 1. The minimum Gasteiger partial charge on any atom is -0.421 e. The molecular weight excluding hydrogens is 458 g/mol. The lowest BCUT2D eigenvalue weighted by atomic mass is 9.48. The molecule has 4 aliphatic carbocycles. The Balaban J connectivity index is 1.22. The van der Waals surface area contributed by atoms with Crippen LogP contribution in [0.2, 0.25) is 0 Å². The van der Waals surface area contributed by atoms with Crippen LogP contribution < -0.4 is 0 Å². The van der Waals surface area contributed by atoms with Crippen LogP contribution in [0.3, 0.4) is 0 Å². The maximum absolute atomic E-state index is 10.9. The highest BCUT2D eigenvalue weighted by atomic mass is 16.6. The monoisotopic (exact) mass is 485 g/mol. The van der Waals surface area contributed by atoms with Gasteiger partial charge in [0.25, 0.3) is 5.89 Å². The highest BCUT2D eigenvalue weighted by Crippen LogP contribution is 2.61. The number of benzene rings is 1. The van der Waals surface area contributed by atoms with E-state index in [4.69, 9.17) is 9.52 Å². The zero-order valence-electron chi connectivity index (χ0n) is 19.9. The van der Waals surface area contributed by atoms with E-state index in [0.29, 0.717) is 24.7 Å². The van der Waals surface area contributed by atoms with E-state index in [2.05, 4.69) is 27.4 Å². The summed E-state index contributed by atoms with van der Waals surface area (Å²) in [5.74, 6) is 3.35. The van der Waals surface area contributed by atoms with Crippen LogP contribution in [0, 0.1) is 27.9 Å². The van der Waals surface area contributed by atoms with Gasteiger partial charge in [-0.3, -0.25) is 14.8 Å². The number of hydrogen-bond acceptors (Lipinski definition) is 7. The molecule has 0 amide bonds. The Kier molecular flexibility index (Phi) is 4.83. The summed E-state index contributed by atoms with van der Waals surface area (Å²) >= 11 is 0. The third-order valence-electron chi connectivity index (χ3n) is 8.36. The molecule has 8 rings (SSSR count). The van der Waals surface area contributed by atoms with Crippen molar-refractivity contribution < 1.29 is 9.34 Å².